The molecule has 0 aliphatic rings. The van der Waals surface area contributed by atoms with Crippen LogP contribution in [0.15, 0.2) is 12.4 Å². The van der Waals surface area contributed by atoms with Crippen molar-refractivity contribution < 1.29 is 32.9 Å². The summed E-state index contributed by atoms with van der Waals surface area (Å²) in [5, 5.41) is 0. The first kappa shape index (κ1) is 19.9. The summed E-state index contributed by atoms with van der Waals surface area (Å²) >= 11 is 0. The molecule has 0 unspecified atom stereocenters. The second kappa shape index (κ2) is 13.9. The van der Waals surface area contributed by atoms with Gasteiger partial charge >= 0.3 is 120 Å². The van der Waals surface area contributed by atoms with Crippen molar-refractivity contribution in [2.75, 3.05) is 67.1 Å². The van der Waals surface area contributed by atoms with Crippen molar-refractivity contribution >= 4 is 7.94 Å². The molecule has 0 rings (SSSR count). The van der Waals surface area contributed by atoms with Crippen LogP contribution in [-0.2, 0) is 28.0 Å². The molecular weight excluding hydrogens is 287 g/mol. The zero-order valence-corrected chi connectivity index (χ0v) is 13.3. The van der Waals surface area contributed by atoms with Gasteiger partial charge in [0, 0.05) is 0 Å². The van der Waals surface area contributed by atoms with Crippen molar-refractivity contribution in [1.82, 2.24) is 0 Å². The molecule has 1 N–H and O–H groups in total. The fraction of sp³-hybridized carbons (Fsp3) is 0.833. The number of hydrogen-bond acceptors (Lipinski definition) is 7. The Morgan fingerprint density at radius 3 is 1.55 bits per heavy atom. The SMILES string of the molecule is C=C[PH](O)(OCCOCCOC)OCCOCCOC. The molecule has 0 aromatic heterocycles. The Bertz CT molecular complexity index is 212. The molecule has 0 aromatic carbocycles. The molecule has 122 valence electrons. The van der Waals surface area contributed by atoms with Crippen molar-refractivity contribution in [3.8, 4) is 0 Å². The topological polar surface area (TPSA) is 75.6 Å². The van der Waals surface area contributed by atoms with Crippen LogP contribution in [0.4, 0.5) is 0 Å². The Morgan fingerprint density at radius 2 is 1.20 bits per heavy atom. The van der Waals surface area contributed by atoms with Crippen LogP contribution in [0, 0.1) is 0 Å². The first-order chi connectivity index (χ1) is 9.68. The van der Waals surface area contributed by atoms with Crippen molar-refractivity contribution in [2.45, 2.75) is 0 Å². The molecule has 0 atom stereocenters. The van der Waals surface area contributed by atoms with Gasteiger partial charge < -0.3 is 0 Å². The summed E-state index contributed by atoms with van der Waals surface area (Å²) in [4.78, 5) is 10.0. The van der Waals surface area contributed by atoms with E-state index in [0.29, 0.717) is 39.6 Å². The third kappa shape index (κ3) is 11.7. The minimum atomic E-state index is -3.32. The standard InChI is InChI=1S/C12H27O7P/c1-4-20(13,18-11-9-16-7-5-14-2)19-12-10-17-8-6-15-3/h4,13,20H,1,5-12H2,2-3H3. The van der Waals surface area contributed by atoms with Crippen LogP contribution in [-0.4, -0.2) is 72.0 Å². The molecule has 7 nitrogen and oxygen atoms in total. The summed E-state index contributed by atoms with van der Waals surface area (Å²) in [5.74, 6) is 1.32. The number of rotatable bonds is 15. The number of ether oxygens (including phenoxy) is 4. The summed E-state index contributed by atoms with van der Waals surface area (Å²) in [6, 6.07) is 0. The van der Waals surface area contributed by atoms with Crippen molar-refractivity contribution in [3.05, 3.63) is 12.4 Å². The summed E-state index contributed by atoms with van der Waals surface area (Å²) < 4.78 is 30.7. The van der Waals surface area contributed by atoms with Gasteiger partial charge in [0.25, 0.3) is 0 Å². The molecule has 0 aromatic rings. The average Bonchev–Trinajstić information content (AvgIpc) is 2.46. The quantitative estimate of drug-likeness (QED) is 0.357. The number of methoxy groups -OCH3 is 2. The van der Waals surface area contributed by atoms with Crippen LogP contribution in [0.2, 0.25) is 0 Å². The van der Waals surface area contributed by atoms with E-state index in [2.05, 4.69) is 6.58 Å². The average molecular weight is 314 g/mol. The van der Waals surface area contributed by atoms with E-state index < -0.39 is 7.94 Å². The second-order valence-electron chi connectivity index (χ2n) is 3.74. The molecule has 0 aliphatic carbocycles. The van der Waals surface area contributed by atoms with Crippen LogP contribution in [0.1, 0.15) is 0 Å². The van der Waals surface area contributed by atoms with E-state index in [0.717, 1.165) is 0 Å². The molecular formula is C12H27O7P. The van der Waals surface area contributed by atoms with Gasteiger partial charge in [0.2, 0.25) is 0 Å². The van der Waals surface area contributed by atoms with Crippen LogP contribution in [0.5, 0.6) is 0 Å². The first-order valence-corrected chi connectivity index (χ1v) is 8.30. The van der Waals surface area contributed by atoms with Gasteiger partial charge in [-0.3, -0.25) is 0 Å². The van der Waals surface area contributed by atoms with Gasteiger partial charge in [0.1, 0.15) is 0 Å². The molecule has 20 heavy (non-hydrogen) atoms. The molecule has 8 heteroatoms. The molecule has 0 amide bonds. The van der Waals surface area contributed by atoms with Gasteiger partial charge in [0.15, 0.2) is 0 Å². The third-order valence-corrected chi connectivity index (χ3v) is 3.95. The first-order valence-electron chi connectivity index (χ1n) is 6.45. The molecule has 0 bridgehead atoms. The van der Waals surface area contributed by atoms with E-state index in [1.54, 1.807) is 14.2 Å². The maximum atomic E-state index is 10.0. The fourth-order valence-corrected chi connectivity index (χ4v) is 2.21. The summed E-state index contributed by atoms with van der Waals surface area (Å²) in [6.07, 6.45) is 0. The molecule has 0 saturated heterocycles. The summed E-state index contributed by atoms with van der Waals surface area (Å²) in [7, 11) is -0.113. The van der Waals surface area contributed by atoms with Gasteiger partial charge in [-0.05, 0) is 0 Å². The van der Waals surface area contributed by atoms with E-state index >= 15 is 0 Å². The van der Waals surface area contributed by atoms with Gasteiger partial charge in [-0.15, -0.1) is 0 Å². The van der Waals surface area contributed by atoms with E-state index in [4.69, 9.17) is 28.0 Å². The van der Waals surface area contributed by atoms with Gasteiger partial charge in [0.05, 0.1) is 0 Å². The van der Waals surface area contributed by atoms with Crippen LogP contribution in [0.3, 0.4) is 0 Å². The van der Waals surface area contributed by atoms with Crippen LogP contribution < -0.4 is 0 Å². The van der Waals surface area contributed by atoms with E-state index in [1.807, 2.05) is 0 Å². The normalized spacial score (nSPS) is 12.6. The summed E-state index contributed by atoms with van der Waals surface area (Å²) in [6.45, 7) is 6.76. The van der Waals surface area contributed by atoms with Crippen molar-refractivity contribution in [3.63, 3.8) is 0 Å². The Labute approximate surface area is 121 Å². The van der Waals surface area contributed by atoms with Crippen molar-refractivity contribution in [2.24, 2.45) is 0 Å². The van der Waals surface area contributed by atoms with Gasteiger partial charge in [-0.25, -0.2) is 0 Å². The molecule has 0 spiro atoms. The van der Waals surface area contributed by atoms with Gasteiger partial charge in [-0.1, -0.05) is 0 Å². The Morgan fingerprint density at radius 1 is 0.800 bits per heavy atom. The third-order valence-electron chi connectivity index (χ3n) is 2.19. The van der Waals surface area contributed by atoms with Crippen LogP contribution >= 0.6 is 7.94 Å². The molecule has 0 saturated carbocycles. The molecule has 0 fully saturated rings. The fourth-order valence-electron chi connectivity index (χ4n) is 1.14. The zero-order valence-electron chi connectivity index (χ0n) is 12.3. The maximum absolute atomic E-state index is 10.0. The zero-order chi connectivity index (χ0) is 15.1. The molecule has 0 aliphatic heterocycles. The summed E-state index contributed by atoms with van der Waals surface area (Å²) in [5.41, 5.74) is 0. The number of hydrogen-bond donors (Lipinski definition) is 1. The molecule has 0 radical (unpaired) electrons. The van der Waals surface area contributed by atoms with E-state index in [-0.39, 0.29) is 13.2 Å². The Balaban J connectivity index is 3.60. The van der Waals surface area contributed by atoms with E-state index in [9.17, 15) is 4.89 Å². The Kier molecular flexibility index (Phi) is 13.8. The Hall–Kier alpha value is -0.110. The predicted molar refractivity (Wildman–Crippen MR) is 78.0 cm³/mol. The van der Waals surface area contributed by atoms with E-state index in [1.165, 1.54) is 5.82 Å². The van der Waals surface area contributed by atoms with Gasteiger partial charge in [-0.2, -0.15) is 0 Å². The van der Waals surface area contributed by atoms with Crippen LogP contribution in [0.25, 0.3) is 0 Å². The molecule has 0 heterocycles. The monoisotopic (exact) mass is 314 g/mol. The van der Waals surface area contributed by atoms with Crippen molar-refractivity contribution in [1.29, 1.82) is 0 Å². The second-order valence-corrected chi connectivity index (χ2v) is 5.99. The minimum absolute atomic E-state index is 0.239. The predicted octanol–water partition coefficient (Wildman–Crippen LogP) is 0.976.